The fourth-order valence-corrected chi connectivity index (χ4v) is 4.35. The van der Waals surface area contributed by atoms with Crippen LogP contribution in [0.1, 0.15) is 23.7 Å². The van der Waals surface area contributed by atoms with E-state index in [1.54, 1.807) is 4.90 Å². The molecule has 1 saturated heterocycles. The van der Waals surface area contributed by atoms with Crippen molar-refractivity contribution >= 4 is 16.8 Å². The zero-order valence-electron chi connectivity index (χ0n) is 15.5. The van der Waals surface area contributed by atoms with Gasteiger partial charge >= 0.3 is 0 Å². The monoisotopic (exact) mass is 342 g/mol. The molecule has 1 amide bonds. The summed E-state index contributed by atoms with van der Waals surface area (Å²) in [7, 11) is 0. The van der Waals surface area contributed by atoms with Crippen LogP contribution in [-0.4, -0.2) is 61.6 Å². The molecule has 5 heteroatoms. The van der Waals surface area contributed by atoms with E-state index in [1.807, 2.05) is 0 Å². The highest BCUT2D eigenvalue weighted by molar-refractivity contribution is 5.86. The van der Waals surface area contributed by atoms with Gasteiger partial charge in [0.25, 0.3) is 5.91 Å². The molecule has 0 saturated carbocycles. The minimum Gasteiger partial charge on any atom is -0.358 e. The SMILES string of the molecule is CC[NH+]1CC[NH+](CC(=O)N2CCc3[nH]c4ccc(C)cc4c3C2)CC1. The molecule has 0 spiro atoms. The van der Waals surface area contributed by atoms with Crippen molar-refractivity contribution in [2.75, 3.05) is 45.8 Å². The Morgan fingerprint density at radius 2 is 1.96 bits per heavy atom. The lowest BCUT2D eigenvalue weighted by Gasteiger charge is -2.32. The number of H-pyrrole nitrogens is 1. The Morgan fingerprint density at radius 1 is 1.20 bits per heavy atom. The summed E-state index contributed by atoms with van der Waals surface area (Å²) in [5.74, 6) is 0.322. The number of aromatic amines is 1. The van der Waals surface area contributed by atoms with E-state index < -0.39 is 0 Å². The van der Waals surface area contributed by atoms with E-state index in [0.717, 1.165) is 32.6 Å². The highest BCUT2D eigenvalue weighted by Gasteiger charge is 2.29. The van der Waals surface area contributed by atoms with Crippen molar-refractivity contribution in [1.29, 1.82) is 0 Å². The Morgan fingerprint density at radius 3 is 2.72 bits per heavy atom. The Labute approximate surface area is 149 Å². The maximum Gasteiger partial charge on any atom is 0.278 e. The standard InChI is InChI=1S/C20H28N4O/c1-3-22-8-10-23(11-9-22)14-20(25)24-7-6-19-17(13-24)16-12-15(2)4-5-18(16)21-19/h4-5,12,21H,3,6-11,13-14H2,1-2H3/p+2. The number of nitrogens with one attached hydrogen (secondary N) is 3. The van der Waals surface area contributed by atoms with Crippen LogP contribution in [0.4, 0.5) is 0 Å². The van der Waals surface area contributed by atoms with E-state index in [9.17, 15) is 4.79 Å². The second-order valence-corrected chi connectivity index (χ2v) is 7.73. The summed E-state index contributed by atoms with van der Waals surface area (Å²) >= 11 is 0. The molecule has 0 aliphatic carbocycles. The number of carbonyl (C=O) groups is 1. The van der Waals surface area contributed by atoms with Crippen LogP contribution in [-0.2, 0) is 17.8 Å². The number of nitrogens with zero attached hydrogens (tertiary/aromatic N) is 1. The Kier molecular flexibility index (Phi) is 4.52. The number of rotatable bonds is 3. The van der Waals surface area contributed by atoms with Gasteiger partial charge in [0.15, 0.2) is 6.54 Å². The Bertz CT molecular complexity index is 773. The normalized spacial score (nSPS) is 23.7. The third-order valence-electron chi connectivity index (χ3n) is 6.05. The molecule has 25 heavy (non-hydrogen) atoms. The van der Waals surface area contributed by atoms with Gasteiger partial charge < -0.3 is 19.7 Å². The van der Waals surface area contributed by atoms with Crippen molar-refractivity contribution in [3.05, 3.63) is 35.0 Å². The highest BCUT2D eigenvalue weighted by Crippen LogP contribution is 2.28. The number of fused-ring (bicyclic) bond motifs is 3. The van der Waals surface area contributed by atoms with Crippen LogP contribution in [0.3, 0.4) is 0 Å². The molecule has 2 aliphatic heterocycles. The van der Waals surface area contributed by atoms with E-state index in [0.29, 0.717) is 12.5 Å². The predicted molar refractivity (Wildman–Crippen MR) is 99.0 cm³/mol. The summed E-state index contributed by atoms with van der Waals surface area (Å²) in [6, 6.07) is 6.56. The summed E-state index contributed by atoms with van der Waals surface area (Å²) in [6.07, 6.45) is 0.942. The van der Waals surface area contributed by atoms with Crippen LogP contribution in [0.2, 0.25) is 0 Å². The number of hydrogen-bond acceptors (Lipinski definition) is 1. The van der Waals surface area contributed by atoms with Gasteiger partial charge in [0.2, 0.25) is 0 Å². The van der Waals surface area contributed by atoms with Gasteiger partial charge in [-0.1, -0.05) is 11.6 Å². The van der Waals surface area contributed by atoms with Crippen LogP contribution in [0.5, 0.6) is 0 Å². The van der Waals surface area contributed by atoms with Gasteiger partial charge in [0, 0.05) is 41.7 Å². The first-order valence-corrected chi connectivity index (χ1v) is 9.69. The molecule has 1 fully saturated rings. The fourth-order valence-electron chi connectivity index (χ4n) is 4.35. The van der Waals surface area contributed by atoms with E-state index >= 15 is 0 Å². The molecule has 0 radical (unpaired) electrons. The smallest absolute Gasteiger partial charge is 0.278 e. The quantitative estimate of drug-likeness (QED) is 0.670. The lowest BCUT2D eigenvalue weighted by atomic mass is 10.0. The number of piperazine rings is 1. The largest absolute Gasteiger partial charge is 0.358 e. The van der Waals surface area contributed by atoms with Gasteiger partial charge in [0.1, 0.15) is 26.2 Å². The van der Waals surface area contributed by atoms with Crippen LogP contribution in [0.25, 0.3) is 10.9 Å². The fraction of sp³-hybridized carbons (Fsp3) is 0.550. The summed E-state index contributed by atoms with van der Waals surface area (Å²) in [4.78, 5) is 21.6. The molecule has 2 aliphatic rings. The van der Waals surface area contributed by atoms with Crippen molar-refractivity contribution in [3.63, 3.8) is 0 Å². The minimum atomic E-state index is 0.322. The maximum atomic E-state index is 12.8. The first-order valence-electron chi connectivity index (χ1n) is 9.69. The molecule has 3 heterocycles. The lowest BCUT2D eigenvalue weighted by molar-refractivity contribution is -1.01. The van der Waals surface area contributed by atoms with E-state index in [2.05, 4.69) is 41.9 Å². The summed E-state index contributed by atoms with van der Waals surface area (Å²) in [5.41, 5.74) is 5.12. The summed E-state index contributed by atoms with van der Waals surface area (Å²) in [6.45, 7) is 12.5. The van der Waals surface area contributed by atoms with Crippen LogP contribution >= 0.6 is 0 Å². The molecule has 0 atom stereocenters. The van der Waals surface area contributed by atoms with Gasteiger partial charge in [-0.15, -0.1) is 0 Å². The molecule has 2 aromatic rings. The van der Waals surface area contributed by atoms with Crippen LogP contribution in [0, 0.1) is 6.92 Å². The average molecular weight is 342 g/mol. The molecule has 0 unspecified atom stereocenters. The van der Waals surface area contributed by atoms with Gasteiger partial charge in [-0.25, -0.2) is 0 Å². The summed E-state index contributed by atoms with van der Waals surface area (Å²) < 4.78 is 0. The molecule has 1 aromatic carbocycles. The number of hydrogen-bond donors (Lipinski definition) is 3. The van der Waals surface area contributed by atoms with Crippen molar-refractivity contribution in [3.8, 4) is 0 Å². The van der Waals surface area contributed by atoms with Gasteiger partial charge in [-0.05, 0) is 26.0 Å². The molecule has 4 rings (SSSR count). The van der Waals surface area contributed by atoms with Crippen molar-refractivity contribution in [2.45, 2.75) is 26.8 Å². The van der Waals surface area contributed by atoms with E-state index in [1.165, 1.54) is 52.3 Å². The topological polar surface area (TPSA) is 45.0 Å². The van der Waals surface area contributed by atoms with Crippen molar-refractivity contribution < 1.29 is 14.6 Å². The Balaban J connectivity index is 1.44. The zero-order chi connectivity index (χ0) is 17.4. The molecule has 3 N–H and O–H groups in total. The van der Waals surface area contributed by atoms with Crippen LogP contribution in [0.15, 0.2) is 18.2 Å². The van der Waals surface area contributed by atoms with Gasteiger partial charge in [-0.3, -0.25) is 4.79 Å². The molecule has 0 bridgehead atoms. The number of carbonyl (C=O) groups excluding carboxylic acids is 1. The lowest BCUT2D eigenvalue weighted by Crippen LogP contribution is -3.28. The molecular weight excluding hydrogens is 312 g/mol. The number of likely N-dealkylation sites (N-methyl/N-ethyl adjacent to an activating group) is 1. The summed E-state index contributed by atoms with van der Waals surface area (Å²) in [5, 5.41) is 1.29. The number of aromatic nitrogens is 1. The van der Waals surface area contributed by atoms with Gasteiger partial charge in [0.05, 0.1) is 6.54 Å². The number of amides is 1. The highest BCUT2D eigenvalue weighted by atomic mass is 16.2. The molecule has 134 valence electrons. The third kappa shape index (κ3) is 3.31. The zero-order valence-corrected chi connectivity index (χ0v) is 15.5. The molecule has 5 nitrogen and oxygen atoms in total. The Hall–Kier alpha value is -1.85. The predicted octanol–water partition coefficient (Wildman–Crippen LogP) is -0.836. The number of aryl methyl sites for hydroxylation is 1. The van der Waals surface area contributed by atoms with E-state index in [4.69, 9.17) is 0 Å². The second kappa shape index (κ2) is 6.81. The number of quaternary nitrogens is 2. The molecular formula is C20H30N4O+2. The average Bonchev–Trinajstić information content (AvgIpc) is 2.99. The maximum absolute atomic E-state index is 12.8. The minimum absolute atomic E-state index is 0.322. The van der Waals surface area contributed by atoms with E-state index in [-0.39, 0.29) is 0 Å². The number of benzene rings is 1. The first-order chi connectivity index (χ1) is 12.1. The van der Waals surface area contributed by atoms with Crippen LogP contribution < -0.4 is 9.80 Å². The van der Waals surface area contributed by atoms with Crippen molar-refractivity contribution in [2.24, 2.45) is 0 Å². The second-order valence-electron chi connectivity index (χ2n) is 7.73. The third-order valence-corrected chi connectivity index (χ3v) is 6.05. The van der Waals surface area contributed by atoms with Gasteiger partial charge in [-0.2, -0.15) is 0 Å². The van der Waals surface area contributed by atoms with Crippen molar-refractivity contribution in [1.82, 2.24) is 9.88 Å². The first kappa shape index (κ1) is 16.6. The molecule has 1 aromatic heterocycles.